The summed E-state index contributed by atoms with van der Waals surface area (Å²) in [6.07, 6.45) is 1.33. The molecule has 0 bridgehead atoms. The number of piperazine rings is 1. The van der Waals surface area contributed by atoms with Crippen LogP contribution in [0.25, 0.3) is 5.69 Å². The van der Waals surface area contributed by atoms with Crippen molar-refractivity contribution in [2.45, 2.75) is 33.6 Å². The highest BCUT2D eigenvalue weighted by molar-refractivity contribution is 5.76. The van der Waals surface area contributed by atoms with Gasteiger partial charge in [-0.25, -0.2) is 4.68 Å². The van der Waals surface area contributed by atoms with Crippen LogP contribution in [0.15, 0.2) is 30.3 Å². The van der Waals surface area contributed by atoms with Gasteiger partial charge in [0.2, 0.25) is 5.91 Å². The van der Waals surface area contributed by atoms with Crippen LogP contribution in [0.1, 0.15) is 30.3 Å². The molecular formula is C20H28N4O. The van der Waals surface area contributed by atoms with Crippen LogP contribution in [0.3, 0.4) is 0 Å². The van der Waals surface area contributed by atoms with Gasteiger partial charge in [-0.3, -0.25) is 4.79 Å². The molecule has 2 heterocycles. The van der Waals surface area contributed by atoms with Crippen LogP contribution in [-0.2, 0) is 11.2 Å². The zero-order chi connectivity index (χ0) is 17.8. The van der Waals surface area contributed by atoms with Crippen molar-refractivity contribution in [3.63, 3.8) is 0 Å². The molecule has 5 heteroatoms. The van der Waals surface area contributed by atoms with Gasteiger partial charge in [0.15, 0.2) is 0 Å². The monoisotopic (exact) mass is 340 g/mol. The molecule has 0 spiro atoms. The molecule has 0 N–H and O–H groups in total. The Morgan fingerprint density at radius 1 is 1.08 bits per heavy atom. The predicted molar refractivity (Wildman–Crippen MR) is 100 cm³/mol. The number of carbonyl (C=O) groups is 1. The molecule has 1 fully saturated rings. The van der Waals surface area contributed by atoms with Crippen LogP contribution < -0.4 is 0 Å². The van der Waals surface area contributed by atoms with Gasteiger partial charge in [-0.1, -0.05) is 25.1 Å². The van der Waals surface area contributed by atoms with E-state index >= 15 is 0 Å². The fraction of sp³-hybridized carbons (Fsp3) is 0.500. The number of amides is 1. The normalized spacial score (nSPS) is 15.6. The molecule has 1 saturated heterocycles. The lowest BCUT2D eigenvalue weighted by Gasteiger charge is -2.34. The first kappa shape index (κ1) is 17.7. The molecule has 1 aliphatic heterocycles. The quantitative estimate of drug-likeness (QED) is 0.840. The number of benzene rings is 1. The fourth-order valence-corrected chi connectivity index (χ4v) is 3.56. The minimum Gasteiger partial charge on any atom is -0.340 e. The van der Waals surface area contributed by atoms with Crippen molar-refractivity contribution in [2.24, 2.45) is 0 Å². The summed E-state index contributed by atoms with van der Waals surface area (Å²) in [5.74, 6) is 0.266. The third-order valence-electron chi connectivity index (χ3n) is 5.20. The van der Waals surface area contributed by atoms with Gasteiger partial charge in [0.1, 0.15) is 0 Å². The number of hydrogen-bond donors (Lipinski definition) is 0. The Labute approximate surface area is 150 Å². The van der Waals surface area contributed by atoms with E-state index in [1.807, 2.05) is 34.7 Å². The Morgan fingerprint density at radius 2 is 1.76 bits per heavy atom. The molecule has 1 aromatic heterocycles. The summed E-state index contributed by atoms with van der Waals surface area (Å²) >= 11 is 0. The second kappa shape index (κ2) is 7.83. The fourth-order valence-electron chi connectivity index (χ4n) is 3.56. The number of aryl methyl sites for hydroxylation is 1. The highest BCUT2D eigenvalue weighted by atomic mass is 16.2. The highest BCUT2D eigenvalue weighted by Gasteiger charge is 2.21. The van der Waals surface area contributed by atoms with Crippen molar-refractivity contribution in [2.75, 3.05) is 32.7 Å². The van der Waals surface area contributed by atoms with E-state index in [1.54, 1.807) is 0 Å². The van der Waals surface area contributed by atoms with Crippen molar-refractivity contribution in [1.82, 2.24) is 19.6 Å². The Hall–Kier alpha value is -2.14. The first-order chi connectivity index (χ1) is 12.1. The van der Waals surface area contributed by atoms with E-state index in [0.29, 0.717) is 6.42 Å². The van der Waals surface area contributed by atoms with Gasteiger partial charge in [0.05, 0.1) is 11.4 Å². The summed E-state index contributed by atoms with van der Waals surface area (Å²) in [5, 5.41) is 4.68. The minimum atomic E-state index is 0.266. The van der Waals surface area contributed by atoms with Gasteiger partial charge < -0.3 is 9.80 Å². The number of hydrogen-bond acceptors (Lipinski definition) is 3. The Morgan fingerprint density at radius 3 is 2.40 bits per heavy atom. The first-order valence-corrected chi connectivity index (χ1v) is 9.20. The van der Waals surface area contributed by atoms with Gasteiger partial charge >= 0.3 is 0 Å². The second-order valence-electron chi connectivity index (χ2n) is 6.71. The summed E-state index contributed by atoms with van der Waals surface area (Å²) < 4.78 is 1.98. The predicted octanol–water partition coefficient (Wildman–Crippen LogP) is 2.59. The third-order valence-corrected chi connectivity index (χ3v) is 5.20. The molecule has 1 aliphatic rings. The van der Waals surface area contributed by atoms with Crippen molar-refractivity contribution in [1.29, 1.82) is 0 Å². The molecule has 1 aromatic carbocycles. The number of rotatable bonds is 5. The molecule has 0 radical (unpaired) electrons. The topological polar surface area (TPSA) is 41.4 Å². The zero-order valence-corrected chi connectivity index (χ0v) is 15.5. The largest absolute Gasteiger partial charge is 0.340 e. The van der Waals surface area contributed by atoms with Crippen molar-refractivity contribution < 1.29 is 4.79 Å². The van der Waals surface area contributed by atoms with Crippen LogP contribution in [0.5, 0.6) is 0 Å². The lowest BCUT2D eigenvalue weighted by molar-refractivity contribution is -0.132. The maximum absolute atomic E-state index is 12.5. The Balaban J connectivity index is 1.64. The van der Waals surface area contributed by atoms with Crippen LogP contribution >= 0.6 is 0 Å². The standard InChI is InChI=1S/C20H28N4O/c1-4-22-12-14-23(15-13-22)20(25)11-10-19-16(2)21-24(17(19)3)18-8-6-5-7-9-18/h5-9H,4,10-15H2,1-3H3. The summed E-state index contributed by atoms with van der Waals surface area (Å²) in [4.78, 5) is 16.9. The molecule has 0 aliphatic carbocycles. The number of carbonyl (C=O) groups excluding carboxylic acids is 1. The lowest BCUT2D eigenvalue weighted by atomic mass is 10.1. The van der Waals surface area contributed by atoms with Crippen LogP contribution in [0, 0.1) is 13.8 Å². The van der Waals surface area contributed by atoms with Crippen LogP contribution in [0.2, 0.25) is 0 Å². The molecule has 2 aromatic rings. The lowest BCUT2D eigenvalue weighted by Crippen LogP contribution is -2.48. The van der Waals surface area contributed by atoms with Gasteiger partial charge in [0.25, 0.3) is 0 Å². The summed E-state index contributed by atoms with van der Waals surface area (Å²) in [6.45, 7) is 11.1. The van der Waals surface area contributed by atoms with Gasteiger partial charge in [-0.2, -0.15) is 5.10 Å². The van der Waals surface area contributed by atoms with E-state index in [0.717, 1.165) is 56.2 Å². The Bertz CT molecular complexity index is 715. The average molecular weight is 340 g/mol. The number of likely N-dealkylation sites (N-methyl/N-ethyl adjacent to an activating group) is 1. The molecule has 25 heavy (non-hydrogen) atoms. The minimum absolute atomic E-state index is 0.266. The molecular weight excluding hydrogens is 312 g/mol. The van der Waals surface area contributed by atoms with Gasteiger partial charge in [-0.15, -0.1) is 0 Å². The smallest absolute Gasteiger partial charge is 0.222 e. The molecule has 0 saturated carbocycles. The molecule has 0 atom stereocenters. The van der Waals surface area contributed by atoms with E-state index in [2.05, 4.69) is 36.0 Å². The van der Waals surface area contributed by atoms with Gasteiger partial charge in [-0.05, 0) is 44.5 Å². The number of nitrogens with zero attached hydrogens (tertiary/aromatic N) is 4. The molecule has 1 amide bonds. The van der Waals surface area contributed by atoms with E-state index in [-0.39, 0.29) is 5.91 Å². The summed E-state index contributed by atoms with van der Waals surface area (Å²) in [6, 6.07) is 10.2. The molecule has 3 rings (SSSR count). The third kappa shape index (κ3) is 3.93. The van der Waals surface area contributed by atoms with Crippen molar-refractivity contribution in [3.05, 3.63) is 47.3 Å². The Kier molecular flexibility index (Phi) is 5.53. The zero-order valence-electron chi connectivity index (χ0n) is 15.5. The number of aromatic nitrogens is 2. The summed E-state index contributed by atoms with van der Waals surface area (Å²) in [7, 11) is 0. The first-order valence-electron chi connectivity index (χ1n) is 9.20. The SMILES string of the molecule is CCN1CCN(C(=O)CCc2c(C)nn(-c3ccccc3)c2C)CC1. The highest BCUT2D eigenvalue weighted by Crippen LogP contribution is 2.19. The average Bonchev–Trinajstić information content (AvgIpc) is 2.94. The van der Waals surface area contributed by atoms with E-state index in [4.69, 9.17) is 0 Å². The maximum atomic E-state index is 12.5. The van der Waals surface area contributed by atoms with E-state index < -0.39 is 0 Å². The van der Waals surface area contributed by atoms with E-state index in [9.17, 15) is 4.79 Å². The van der Waals surface area contributed by atoms with Crippen LogP contribution in [0.4, 0.5) is 0 Å². The number of para-hydroxylation sites is 1. The molecule has 134 valence electrons. The van der Waals surface area contributed by atoms with Crippen LogP contribution in [-0.4, -0.2) is 58.2 Å². The maximum Gasteiger partial charge on any atom is 0.222 e. The van der Waals surface area contributed by atoms with E-state index in [1.165, 1.54) is 5.56 Å². The summed E-state index contributed by atoms with van der Waals surface area (Å²) in [5.41, 5.74) is 4.41. The van der Waals surface area contributed by atoms with Crippen molar-refractivity contribution in [3.8, 4) is 5.69 Å². The van der Waals surface area contributed by atoms with Gasteiger partial charge in [0, 0.05) is 38.3 Å². The molecule has 5 nitrogen and oxygen atoms in total. The molecule has 0 unspecified atom stereocenters. The second-order valence-corrected chi connectivity index (χ2v) is 6.71. The van der Waals surface area contributed by atoms with Crippen molar-refractivity contribution >= 4 is 5.91 Å².